The summed E-state index contributed by atoms with van der Waals surface area (Å²) < 4.78 is 18.9. The van der Waals surface area contributed by atoms with Gasteiger partial charge >= 0.3 is 0 Å². The molecule has 4 rings (SSSR count). The molecule has 0 aliphatic carbocycles. The van der Waals surface area contributed by atoms with Crippen LogP contribution >= 0.6 is 0 Å². The smallest absolute Gasteiger partial charge is 0.220 e. The van der Waals surface area contributed by atoms with Crippen LogP contribution in [-0.2, 0) is 16.0 Å². The number of hydrogen-bond donors (Lipinski definition) is 2. The molecule has 0 unspecified atom stereocenters. The molecule has 2 aliphatic heterocycles. The first kappa shape index (κ1) is 16.5. The Labute approximate surface area is 145 Å². The van der Waals surface area contributed by atoms with Crippen molar-refractivity contribution >= 4 is 16.9 Å². The van der Waals surface area contributed by atoms with Gasteiger partial charge in [-0.25, -0.2) is 9.37 Å². The standard InChI is InChI=1S/C18H23FN4O2/c1-11-8-23-9-13(7-14(23)10-25-11)20-18(24)5-4-17-21-15-3-2-12(19)6-16(15)22-17/h2-3,6,11,13-14H,4-5,7-10H2,1H3,(H,20,24)(H,21,22)/t11-,13-,14-/m0/s1. The third-order valence-corrected chi connectivity index (χ3v) is 5.04. The van der Waals surface area contributed by atoms with E-state index in [1.165, 1.54) is 12.1 Å². The van der Waals surface area contributed by atoms with Crippen LogP contribution < -0.4 is 5.32 Å². The first-order chi connectivity index (χ1) is 12.1. The minimum atomic E-state index is -0.295. The molecular formula is C18H23FN4O2. The third-order valence-electron chi connectivity index (χ3n) is 5.04. The fourth-order valence-corrected chi connectivity index (χ4v) is 3.83. The van der Waals surface area contributed by atoms with Crippen LogP contribution in [0.2, 0.25) is 0 Å². The van der Waals surface area contributed by atoms with E-state index in [2.05, 4.69) is 27.1 Å². The van der Waals surface area contributed by atoms with Gasteiger partial charge in [0.1, 0.15) is 11.6 Å². The first-order valence-electron chi connectivity index (χ1n) is 8.86. The number of amides is 1. The summed E-state index contributed by atoms with van der Waals surface area (Å²) >= 11 is 0. The lowest BCUT2D eigenvalue weighted by molar-refractivity contribution is -0.121. The average Bonchev–Trinajstić information content (AvgIpc) is 3.14. The molecule has 0 saturated carbocycles. The number of benzene rings is 1. The van der Waals surface area contributed by atoms with Crippen molar-refractivity contribution in [2.45, 2.75) is 44.4 Å². The van der Waals surface area contributed by atoms with Crippen molar-refractivity contribution in [3.63, 3.8) is 0 Å². The minimum absolute atomic E-state index is 0.0328. The number of morpholine rings is 1. The Morgan fingerprint density at radius 3 is 3.24 bits per heavy atom. The Bertz CT molecular complexity index is 778. The number of carbonyl (C=O) groups excluding carboxylic acids is 1. The van der Waals surface area contributed by atoms with Crippen molar-refractivity contribution in [1.29, 1.82) is 0 Å². The molecule has 0 radical (unpaired) electrons. The molecule has 1 aromatic carbocycles. The van der Waals surface area contributed by atoms with Gasteiger partial charge < -0.3 is 15.0 Å². The van der Waals surface area contributed by atoms with Crippen molar-refractivity contribution < 1.29 is 13.9 Å². The maximum absolute atomic E-state index is 13.2. The van der Waals surface area contributed by atoms with Crippen LogP contribution in [0.3, 0.4) is 0 Å². The molecule has 6 nitrogen and oxygen atoms in total. The number of nitrogens with zero attached hydrogens (tertiary/aromatic N) is 2. The molecule has 3 heterocycles. The summed E-state index contributed by atoms with van der Waals surface area (Å²) in [6.07, 6.45) is 2.10. The van der Waals surface area contributed by atoms with Gasteiger partial charge in [-0.2, -0.15) is 0 Å². The number of aromatic amines is 1. The van der Waals surface area contributed by atoms with E-state index in [1.54, 1.807) is 6.07 Å². The molecule has 2 fully saturated rings. The number of carbonyl (C=O) groups is 1. The zero-order valence-electron chi connectivity index (χ0n) is 14.3. The zero-order chi connectivity index (χ0) is 17.4. The number of ether oxygens (including phenoxy) is 1. The zero-order valence-corrected chi connectivity index (χ0v) is 14.3. The molecule has 7 heteroatoms. The maximum Gasteiger partial charge on any atom is 0.220 e. The Balaban J connectivity index is 1.29. The van der Waals surface area contributed by atoms with Crippen molar-refractivity contribution in [3.8, 4) is 0 Å². The third kappa shape index (κ3) is 3.67. The molecule has 134 valence electrons. The molecule has 0 bridgehead atoms. The SMILES string of the molecule is C[C@H]1CN2C[C@@H](NC(=O)CCc3nc4ccc(F)cc4[nH]3)C[C@H]2CO1. The fraction of sp³-hybridized carbons (Fsp3) is 0.556. The van der Waals surface area contributed by atoms with Gasteiger partial charge in [-0.05, 0) is 31.5 Å². The highest BCUT2D eigenvalue weighted by Crippen LogP contribution is 2.23. The number of aromatic nitrogens is 2. The highest BCUT2D eigenvalue weighted by atomic mass is 19.1. The molecule has 1 amide bonds. The van der Waals surface area contributed by atoms with Crippen molar-refractivity contribution in [2.75, 3.05) is 19.7 Å². The van der Waals surface area contributed by atoms with Crippen LogP contribution in [0.4, 0.5) is 4.39 Å². The second kappa shape index (κ2) is 6.72. The number of H-pyrrole nitrogens is 1. The number of imidazole rings is 1. The average molecular weight is 346 g/mol. The monoisotopic (exact) mass is 346 g/mol. The lowest BCUT2D eigenvalue weighted by Crippen LogP contribution is -2.45. The Morgan fingerprint density at radius 1 is 1.48 bits per heavy atom. The Morgan fingerprint density at radius 2 is 2.36 bits per heavy atom. The van der Waals surface area contributed by atoms with Gasteiger partial charge in [0.15, 0.2) is 0 Å². The Kier molecular flexibility index (Phi) is 4.43. The van der Waals surface area contributed by atoms with Gasteiger partial charge in [0.05, 0.1) is 23.7 Å². The number of aryl methyl sites for hydroxylation is 1. The number of hydrogen-bond acceptors (Lipinski definition) is 4. The van der Waals surface area contributed by atoms with E-state index in [-0.39, 0.29) is 23.9 Å². The van der Waals surface area contributed by atoms with Gasteiger partial charge in [0, 0.05) is 38.0 Å². The molecule has 2 aliphatic rings. The summed E-state index contributed by atoms with van der Waals surface area (Å²) in [5.74, 6) is 0.448. The normalized spacial score (nSPS) is 26.7. The van der Waals surface area contributed by atoms with E-state index in [0.717, 1.165) is 31.6 Å². The van der Waals surface area contributed by atoms with Gasteiger partial charge in [-0.3, -0.25) is 9.69 Å². The van der Waals surface area contributed by atoms with Crippen LogP contribution in [0.25, 0.3) is 11.0 Å². The van der Waals surface area contributed by atoms with Gasteiger partial charge in [0.25, 0.3) is 0 Å². The van der Waals surface area contributed by atoms with Gasteiger partial charge in [-0.1, -0.05) is 0 Å². The largest absolute Gasteiger partial charge is 0.376 e. The predicted molar refractivity (Wildman–Crippen MR) is 91.7 cm³/mol. The van der Waals surface area contributed by atoms with E-state index in [4.69, 9.17) is 4.74 Å². The van der Waals surface area contributed by atoms with E-state index in [1.807, 2.05) is 0 Å². The van der Waals surface area contributed by atoms with Crippen molar-refractivity contribution in [2.24, 2.45) is 0 Å². The summed E-state index contributed by atoms with van der Waals surface area (Å²) in [7, 11) is 0. The molecule has 2 N–H and O–H groups in total. The van der Waals surface area contributed by atoms with Crippen LogP contribution in [0.1, 0.15) is 25.6 Å². The molecule has 2 saturated heterocycles. The van der Waals surface area contributed by atoms with Gasteiger partial charge in [-0.15, -0.1) is 0 Å². The number of halogens is 1. The summed E-state index contributed by atoms with van der Waals surface area (Å²) in [5, 5.41) is 3.13. The van der Waals surface area contributed by atoms with Crippen LogP contribution in [-0.4, -0.2) is 58.7 Å². The minimum Gasteiger partial charge on any atom is -0.376 e. The summed E-state index contributed by atoms with van der Waals surface area (Å²) in [6, 6.07) is 5.06. The molecule has 0 spiro atoms. The van der Waals surface area contributed by atoms with E-state index in [9.17, 15) is 9.18 Å². The highest BCUT2D eigenvalue weighted by Gasteiger charge is 2.36. The topological polar surface area (TPSA) is 70.2 Å². The second-order valence-electron chi connectivity index (χ2n) is 7.10. The molecule has 2 aromatic rings. The van der Waals surface area contributed by atoms with Crippen molar-refractivity contribution in [1.82, 2.24) is 20.2 Å². The lowest BCUT2D eigenvalue weighted by atomic mass is 10.1. The molecule has 3 atom stereocenters. The summed E-state index contributed by atoms with van der Waals surface area (Å²) in [5.41, 5.74) is 1.38. The lowest BCUT2D eigenvalue weighted by Gasteiger charge is -2.33. The molecule has 1 aromatic heterocycles. The maximum atomic E-state index is 13.2. The second-order valence-corrected chi connectivity index (χ2v) is 7.10. The number of fused-ring (bicyclic) bond motifs is 2. The van der Waals surface area contributed by atoms with E-state index in [0.29, 0.717) is 30.2 Å². The number of rotatable bonds is 4. The molecule has 25 heavy (non-hydrogen) atoms. The van der Waals surface area contributed by atoms with Crippen LogP contribution in [0.15, 0.2) is 18.2 Å². The van der Waals surface area contributed by atoms with Gasteiger partial charge in [0.2, 0.25) is 5.91 Å². The first-order valence-corrected chi connectivity index (χ1v) is 8.86. The molecular weight excluding hydrogens is 323 g/mol. The van der Waals surface area contributed by atoms with E-state index >= 15 is 0 Å². The van der Waals surface area contributed by atoms with E-state index < -0.39 is 0 Å². The quantitative estimate of drug-likeness (QED) is 0.882. The van der Waals surface area contributed by atoms with Crippen molar-refractivity contribution in [3.05, 3.63) is 29.8 Å². The van der Waals surface area contributed by atoms with Crippen LogP contribution in [0.5, 0.6) is 0 Å². The Hall–Kier alpha value is -1.99. The predicted octanol–water partition coefficient (Wildman–Crippen LogP) is 1.61. The fourth-order valence-electron chi connectivity index (χ4n) is 3.83. The summed E-state index contributed by atoms with van der Waals surface area (Å²) in [6.45, 7) is 4.67. The highest BCUT2D eigenvalue weighted by molar-refractivity contribution is 5.77. The number of nitrogens with one attached hydrogen (secondary N) is 2. The van der Waals surface area contributed by atoms with Crippen LogP contribution in [0, 0.1) is 5.82 Å². The summed E-state index contributed by atoms with van der Waals surface area (Å²) in [4.78, 5) is 22.1.